The van der Waals surface area contributed by atoms with E-state index in [1.165, 1.54) is 0 Å². The molecule has 2 fully saturated rings. The standard InChI is InChI=1S/C25H30N4O4S/c30-24(21-14-8-10-18-9-4-5-13-20(18)21)26-17-23-27-25(33-28-23)22-15-6-7-16-29(22)34(31,32)19-11-2-1-3-12-19/h4-5,8-10,13-14,19,22H,1-3,6-7,11-12,15-17H2,(H,26,30). The fourth-order valence-corrected chi connectivity index (χ4v) is 7.41. The third-order valence-electron chi connectivity index (χ3n) is 6.96. The van der Waals surface area contributed by atoms with Crippen LogP contribution < -0.4 is 5.32 Å². The van der Waals surface area contributed by atoms with Gasteiger partial charge in [-0.15, -0.1) is 0 Å². The minimum Gasteiger partial charge on any atom is -0.345 e. The molecule has 1 aliphatic carbocycles. The Morgan fingerprint density at radius 1 is 1.00 bits per heavy atom. The molecule has 2 heterocycles. The Labute approximate surface area is 199 Å². The number of aromatic nitrogens is 2. The molecule has 2 aliphatic rings. The summed E-state index contributed by atoms with van der Waals surface area (Å²) in [6, 6.07) is 12.9. The summed E-state index contributed by atoms with van der Waals surface area (Å²) in [5.41, 5.74) is 0.582. The van der Waals surface area contributed by atoms with Crippen molar-refractivity contribution in [3.8, 4) is 0 Å². The number of amides is 1. The number of carbonyl (C=O) groups is 1. The van der Waals surface area contributed by atoms with Gasteiger partial charge < -0.3 is 9.84 Å². The molecule has 1 saturated carbocycles. The zero-order valence-corrected chi connectivity index (χ0v) is 20.0. The van der Waals surface area contributed by atoms with Gasteiger partial charge in [-0.05, 0) is 42.5 Å². The summed E-state index contributed by atoms with van der Waals surface area (Å²) in [6.07, 6.45) is 6.89. The summed E-state index contributed by atoms with van der Waals surface area (Å²) >= 11 is 0. The van der Waals surface area contributed by atoms with E-state index < -0.39 is 16.1 Å². The summed E-state index contributed by atoms with van der Waals surface area (Å²) in [5.74, 6) is 0.431. The van der Waals surface area contributed by atoms with Crippen LogP contribution >= 0.6 is 0 Å². The molecule has 34 heavy (non-hydrogen) atoms. The van der Waals surface area contributed by atoms with Crippen LogP contribution in [0, 0.1) is 0 Å². The number of benzene rings is 2. The molecular weight excluding hydrogens is 452 g/mol. The Balaban J connectivity index is 1.29. The number of nitrogens with zero attached hydrogens (tertiary/aromatic N) is 3. The number of carbonyl (C=O) groups excluding carboxylic acids is 1. The number of piperidine rings is 1. The zero-order valence-electron chi connectivity index (χ0n) is 19.2. The van der Waals surface area contributed by atoms with E-state index in [9.17, 15) is 13.2 Å². The molecule has 3 aromatic rings. The van der Waals surface area contributed by atoms with Crippen LogP contribution in [0.1, 0.15) is 79.5 Å². The highest BCUT2D eigenvalue weighted by atomic mass is 32.2. The highest BCUT2D eigenvalue weighted by molar-refractivity contribution is 7.89. The summed E-state index contributed by atoms with van der Waals surface area (Å²) < 4.78 is 33.9. The van der Waals surface area contributed by atoms with Crippen LogP contribution in [0.3, 0.4) is 0 Å². The van der Waals surface area contributed by atoms with Gasteiger partial charge in [0.25, 0.3) is 5.91 Å². The molecule has 0 spiro atoms. The van der Waals surface area contributed by atoms with Gasteiger partial charge in [0, 0.05) is 12.1 Å². The van der Waals surface area contributed by atoms with Crippen LogP contribution in [0.4, 0.5) is 0 Å². The van der Waals surface area contributed by atoms with E-state index in [1.54, 1.807) is 10.4 Å². The molecule has 1 saturated heterocycles. The molecule has 0 bridgehead atoms. The minimum absolute atomic E-state index is 0.105. The lowest BCUT2D eigenvalue weighted by molar-refractivity contribution is 0.0951. The van der Waals surface area contributed by atoms with Gasteiger partial charge in [0.15, 0.2) is 5.82 Å². The van der Waals surface area contributed by atoms with Gasteiger partial charge >= 0.3 is 0 Å². The van der Waals surface area contributed by atoms with Crippen LogP contribution in [0.25, 0.3) is 10.8 Å². The maximum absolute atomic E-state index is 13.4. The molecule has 1 amide bonds. The quantitative estimate of drug-likeness (QED) is 0.560. The van der Waals surface area contributed by atoms with Gasteiger partial charge in [0.05, 0.1) is 11.8 Å². The average molecular weight is 483 g/mol. The molecule has 1 N–H and O–H groups in total. The maximum atomic E-state index is 13.4. The van der Waals surface area contributed by atoms with E-state index in [0.29, 0.717) is 30.2 Å². The van der Waals surface area contributed by atoms with Gasteiger partial charge in [-0.1, -0.05) is 67.2 Å². The predicted molar refractivity (Wildman–Crippen MR) is 129 cm³/mol. The second-order valence-corrected chi connectivity index (χ2v) is 11.4. The molecular formula is C25H30N4O4S. The van der Waals surface area contributed by atoms with Gasteiger partial charge in [-0.2, -0.15) is 9.29 Å². The van der Waals surface area contributed by atoms with Crippen molar-refractivity contribution in [3.63, 3.8) is 0 Å². The fraction of sp³-hybridized carbons (Fsp3) is 0.480. The first-order valence-corrected chi connectivity index (χ1v) is 13.6. The second kappa shape index (κ2) is 9.84. The summed E-state index contributed by atoms with van der Waals surface area (Å²) in [4.78, 5) is 17.3. The van der Waals surface area contributed by atoms with Crippen molar-refractivity contribution in [1.29, 1.82) is 0 Å². The first-order valence-electron chi connectivity index (χ1n) is 12.1. The first-order chi connectivity index (χ1) is 16.5. The summed E-state index contributed by atoms with van der Waals surface area (Å²) in [6.45, 7) is 0.590. The smallest absolute Gasteiger partial charge is 0.252 e. The normalized spacial score (nSPS) is 20.4. The van der Waals surface area contributed by atoms with E-state index in [2.05, 4.69) is 15.5 Å². The summed E-state index contributed by atoms with van der Waals surface area (Å²) in [7, 11) is -3.42. The Morgan fingerprint density at radius 3 is 2.62 bits per heavy atom. The zero-order chi connectivity index (χ0) is 23.5. The lowest BCUT2D eigenvalue weighted by atomic mass is 10.0. The Morgan fingerprint density at radius 2 is 1.76 bits per heavy atom. The van der Waals surface area contributed by atoms with Crippen molar-refractivity contribution < 1.29 is 17.7 Å². The van der Waals surface area contributed by atoms with Crippen molar-refractivity contribution in [3.05, 3.63) is 59.7 Å². The number of sulfonamides is 1. The average Bonchev–Trinajstić information content (AvgIpc) is 3.36. The van der Waals surface area contributed by atoms with Gasteiger partial charge in [-0.25, -0.2) is 8.42 Å². The van der Waals surface area contributed by atoms with E-state index >= 15 is 0 Å². The number of rotatable bonds is 6. The number of nitrogens with one attached hydrogen (secondary N) is 1. The van der Waals surface area contributed by atoms with Crippen molar-refractivity contribution in [2.75, 3.05) is 6.54 Å². The Bertz CT molecular complexity index is 1260. The monoisotopic (exact) mass is 482 g/mol. The van der Waals surface area contributed by atoms with Gasteiger partial charge in [-0.3, -0.25) is 4.79 Å². The largest absolute Gasteiger partial charge is 0.345 e. The fourth-order valence-electron chi connectivity index (χ4n) is 5.16. The highest BCUT2D eigenvalue weighted by Gasteiger charge is 2.41. The molecule has 5 rings (SSSR count). The maximum Gasteiger partial charge on any atom is 0.252 e. The van der Waals surface area contributed by atoms with Crippen LogP contribution in [0.5, 0.6) is 0 Å². The van der Waals surface area contributed by atoms with Crippen molar-refractivity contribution in [2.45, 2.75) is 69.2 Å². The summed E-state index contributed by atoms with van der Waals surface area (Å²) in [5, 5.41) is 8.44. The highest BCUT2D eigenvalue weighted by Crippen LogP contribution is 2.36. The number of hydrogen-bond donors (Lipinski definition) is 1. The Kier molecular flexibility index (Phi) is 6.65. The molecule has 1 unspecified atom stereocenters. The molecule has 180 valence electrons. The molecule has 0 radical (unpaired) electrons. The number of hydrogen-bond acceptors (Lipinski definition) is 6. The molecule has 1 aliphatic heterocycles. The third kappa shape index (κ3) is 4.59. The van der Waals surface area contributed by atoms with Crippen molar-refractivity contribution in [1.82, 2.24) is 19.8 Å². The van der Waals surface area contributed by atoms with Gasteiger partial charge in [0.1, 0.15) is 6.04 Å². The van der Waals surface area contributed by atoms with Crippen molar-refractivity contribution >= 4 is 26.7 Å². The predicted octanol–water partition coefficient (Wildman–Crippen LogP) is 4.34. The van der Waals surface area contributed by atoms with Gasteiger partial charge in [0.2, 0.25) is 15.9 Å². The molecule has 9 heteroatoms. The lowest BCUT2D eigenvalue weighted by Gasteiger charge is -2.36. The van der Waals surface area contributed by atoms with Crippen molar-refractivity contribution in [2.24, 2.45) is 0 Å². The topological polar surface area (TPSA) is 105 Å². The second-order valence-electron chi connectivity index (χ2n) is 9.19. The van der Waals surface area contributed by atoms with Crippen LogP contribution in [-0.4, -0.2) is 40.6 Å². The minimum atomic E-state index is -3.42. The molecule has 8 nitrogen and oxygen atoms in total. The molecule has 2 aromatic carbocycles. The van der Waals surface area contributed by atoms with E-state index in [1.807, 2.05) is 36.4 Å². The number of fused-ring (bicyclic) bond motifs is 1. The molecule has 1 aromatic heterocycles. The van der Waals surface area contributed by atoms with Crippen LogP contribution in [-0.2, 0) is 16.6 Å². The van der Waals surface area contributed by atoms with E-state index in [0.717, 1.165) is 55.7 Å². The van der Waals surface area contributed by atoms with E-state index in [-0.39, 0.29) is 17.7 Å². The van der Waals surface area contributed by atoms with E-state index in [4.69, 9.17) is 4.52 Å². The third-order valence-corrected chi connectivity index (χ3v) is 9.37. The lowest BCUT2D eigenvalue weighted by Crippen LogP contribution is -2.44. The van der Waals surface area contributed by atoms with Crippen LogP contribution in [0.2, 0.25) is 0 Å². The SMILES string of the molecule is O=C(NCc1noc(C2CCCCN2S(=O)(=O)C2CCCCC2)n1)c1cccc2ccccc12. The Hall–Kier alpha value is -2.78. The molecule has 1 atom stereocenters. The van der Waals surface area contributed by atoms with Crippen LogP contribution in [0.15, 0.2) is 47.0 Å². The first kappa shape index (κ1) is 23.0.